The van der Waals surface area contributed by atoms with E-state index in [1.54, 1.807) is 23.1 Å². The molecule has 4 heterocycles. The highest BCUT2D eigenvalue weighted by molar-refractivity contribution is 5.92. The Labute approximate surface area is 145 Å². The standard InChI is InChI=1S/C18H19N5O2/c1-21-9-3-6-15(21)16-13-25-12-11-22(16)18(24)14-5-2-7-17(20-14)23-10-4-8-19-23/h2-10,16H,11-13H2,1H3/t16-/m0/s1. The lowest BCUT2D eigenvalue weighted by Crippen LogP contribution is -2.44. The number of aryl methyl sites for hydroxylation is 1. The van der Waals surface area contributed by atoms with Crippen LogP contribution < -0.4 is 0 Å². The van der Waals surface area contributed by atoms with E-state index in [0.717, 1.165) is 5.69 Å². The molecule has 1 aliphatic rings. The number of ether oxygens (including phenoxy) is 1. The summed E-state index contributed by atoms with van der Waals surface area (Å²) in [7, 11) is 1.98. The highest BCUT2D eigenvalue weighted by atomic mass is 16.5. The van der Waals surface area contributed by atoms with Gasteiger partial charge in [-0.25, -0.2) is 9.67 Å². The van der Waals surface area contributed by atoms with Crippen molar-refractivity contribution in [2.75, 3.05) is 19.8 Å². The summed E-state index contributed by atoms with van der Waals surface area (Å²) in [5.41, 5.74) is 1.46. The molecule has 0 N–H and O–H groups in total. The van der Waals surface area contributed by atoms with Gasteiger partial charge in [0.15, 0.2) is 5.82 Å². The molecule has 3 aromatic rings. The number of carbonyl (C=O) groups excluding carboxylic acids is 1. The van der Waals surface area contributed by atoms with Gasteiger partial charge in [0.25, 0.3) is 5.91 Å². The van der Waals surface area contributed by atoms with Gasteiger partial charge in [0.05, 0.1) is 19.3 Å². The molecule has 1 atom stereocenters. The Morgan fingerprint density at radius 2 is 2.12 bits per heavy atom. The first kappa shape index (κ1) is 15.6. The third kappa shape index (κ3) is 2.94. The van der Waals surface area contributed by atoms with E-state index in [1.807, 2.05) is 53.0 Å². The van der Waals surface area contributed by atoms with E-state index in [-0.39, 0.29) is 11.9 Å². The van der Waals surface area contributed by atoms with E-state index in [1.165, 1.54) is 0 Å². The largest absolute Gasteiger partial charge is 0.377 e. The summed E-state index contributed by atoms with van der Waals surface area (Å²) in [4.78, 5) is 19.4. The zero-order valence-corrected chi connectivity index (χ0v) is 13.9. The molecule has 128 valence electrons. The molecule has 0 aliphatic carbocycles. The van der Waals surface area contributed by atoms with Crippen LogP contribution in [0, 0.1) is 0 Å². The molecule has 0 saturated carbocycles. The Hall–Kier alpha value is -2.93. The average molecular weight is 337 g/mol. The maximum atomic E-state index is 13.1. The fourth-order valence-corrected chi connectivity index (χ4v) is 3.13. The number of pyridine rings is 1. The Balaban J connectivity index is 1.65. The van der Waals surface area contributed by atoms with Crippen LogP contribution in [0.15, 0.2) is 55.0 Å². The van der Waals surface area contributed by atoms with Crippen LogP contribution in [0.3, 0.4) is 0 Å². The predicted molar refractivity (Wildman–Crippen MR) is 91.4 cm³/mol. The van der Waals surface area contributed by atoms with Crippen LogP contribution in [-0.2, 0) is 11.8 Å². The molecule has 4 rings (SSSR count). The van der Waals surface area contributed by atoms with Gasteiger partial charge in [-0.3, -0.25) is 4.79 Å². The van der Waals surface area contributed by atoms with Gasteiger partial charge < -0.3 is 14.2 Å². The van der Waals surface area contributed by atoms with Crippen LogP contribution in [0.25, 0.3) is 5.82 Å². The lowest BCUT2D eigenvalue weighted by atomic mass is 10.1. The first-order chi connectivity index (χ1) is 12.2. The molecule has 0 radical (unpaired) electrons. The smallest absolute Gasteiger partial charge is 0.273 e. The molecule has 0 aromatic carbocycles. The van der Waals surface area contributed by atoms with Crippen LogP contribution in [0.5, 0.6) is 0 Å². The van der Waals surface area contributed by atoms with Crippen molar-refractivity contribution in [3.63, 3.8) is 0 Å². The van der Waals surface area contributed by atoms with Gasteiger partial charge in [0.2, 0.25) is 0 Å². The first-order valence-corrected chi connectivity index (χ1v) is 8.21. The molecule has 7 heteroatoms. The molecule has 1 amide bonds. The van der Waals surface area contributed by atoms with E-state index in [4.69, 9.17) is 4.74 Å². The summed E-state index contributed by atoms with van der Waals surface area (Å²) in [5, 5.41) is 4.17. The third-order valence-corrected chi connectivity index (χ3v) is 4.41. The third-order valence-electron chi connectivity index (χ3n) is 4.41. The maximum Gasteiger partial charge on any atom is 0.273 e. The fraction of sp³-hybridized carbons (Fsp3) is 0.278. The summed E-state index contributed by atoms with van der Waals surface area (Å²) in [6.07, 6.45) is 5.46. The van der Waals surface area contributed by atoms with Crippen molar-refractivity contribution < 1.29 is 9.53 Å². The summed E-state index contributed by atoms with van der Waals surface area (Å²) in [6, 6.07) is 11.1. The molecular weight excluding hydrogens is 318 g/mol. The van der Waals surface area contributed by atoms with Crippen LogP contribution in [0.4, 0.5) is 0 Å². The molecule has 0 unspecified atom stereocenters. The summed E-state index contributed by atoms with van der Waals surface area (Å²) >= 11 is 0. The minimum Gasteiger partial charge on any atom is -0.377 e. The maximum absolute atomic E-state index is 13.1. The number of aromatic nitrogens is 4. The summed E-state index contributed by atoms with van der Waals surface area (Å²) < 4.78 is 9.28. The molecule has 3 aromatic heterocycles. The highest BCUT2D eigenvalue weighted by Gasteiger charge is 2.31. The van der Waals surface area contributed by atoms with Crippen molar-refractivity contribution >= 4 is 5.91 Å². The Morgan fingerprint density at radius 1 is 1.20 bits per heavy atom. The molecule has 0 spiro atoms. The van der Waals surface area contributed by atoms with Gasteiger partial charge in [-0.2, -0.15) is 5.10 Å². The number of nitrogens with zero attached hydrogens (tertiary/aromatic N) is 5. The highest BCUT2D eigenvalue weighted by Crippen LogP contribution is 2.25. The van der Waals surface area contributed by atoms with Crippen LogP contribution in [-0.4, -0.2) is 49.9 Å². The predicted octanol–water partition coefficient (Wildman–Crippen LogP) is 1.82. The number of rotatable bonds is 3. The molecule has 25 heavy (non-hydrogen) atoms. The van der Waals surface area contributed by atoms with Crippen molar-refractivity contribution in [3.05, 3.63) is 66.4 Å². The summed E-state index contributed by atoms with van der Waals surface area (Å²) in [5.74, 6) is 0.531. The summed E-state index contributed by atoms with van der Waals surface area (Å²) in [6.45, 7) is 1.57. The van der Waals surface area contributed by atoms with E-state index < -0.39 is 0 Å². The minimum absolute atomic E-state index is 0.0940. The van der Waals surface area contributed by atoms with Gasteiger partial charge >= 0.3 is 0 Å². The molecule has 7 nitrogen and oxygen atoms in total. The van der Waals surface area contributed by atoms with Gasteiger partial charge in [-0.1, -0.05) is 6.07 Å². The van der Waals surface area contributed by atoms with Crippen molar-refractivity contribution in [1.82, 2.24) is 24.2 Å². The second kappa shape index (κ2) is 6.52. The second-order valence-electron chi connectivity index (χ2n) is 5.96. The van der Waals surface area contributed by atoms with Crippen LogP contribution in [0.2, 0.25) is 0 Å². The van der Waals surface area contributed by atoms with E-state index in [0.29, 0.717) is 31.3 Å². The number of morpholine rings is 1. The Morgan fingerprint density at radius 3 is 2.88 bits per heavy atom. The monoisotopic (exact) mass is 337 g/mol. The molecule has 1 fully saturated rings. The number of amides is 1. The SMILES string of the molecule is Cn1cccc1[C@@H]1COCCN1C(=O)c1cccc(-n2cccn2)n1. The fourth-order valence-electron chi connectivity index (χ4n) is 3.13. The second-order valence-corrected chi connectivity index (χ2v) is 5.96. The molecule has 1 aliphatic heterocycles. The zero-order valence-electron chi connectivity index (χ0n) is 13.9. The van der Waals surface area contributed by atoms with Crippen molar-refractivity contribution in [2.45, 2.75) is 6.04 Å². The van der Waals surface area contributed by atoms with Gasteiger partial charge in [0, 0.05) is 37.9 Å². The quantitative estimate of drug-likeness (QED) is 0.731. The minimum atomic E-state index is -0.114. The number of hydrogen-bond acceptors (Lipinski definition) is 4. The van der Waals surface area contributed by atoms with Gasteiger partial charge in [-0.15, -0.1) is 0 Å². The van der Waals surface area contributed by atoms with Crippen LogP contribution >= 0.6 is 0 Å². The first-order valence-electron chi connectivity index (χ1n) is 8.21. The number of carbonyl (C=O) groups is 1. The van der Waals surface area contributed by atoms with Gasteiger partial charge in [0.1, 0.15) is 5.69 Å². The van der Waals surface area contributed by atoms with Crippen molar-refractivity contribution in [3.8, 4) is 5.82 Å². The molecular formula is C18H19N5O2. The van der Waals surface area contributed by atoms with E-state index in [9.17, 15) is 4.79 Å². The Bertz CT molecular complexity index is 871. The lowest BCUT2D eigenvalue weighted by Gasteiger charge is -2.35. The Kier molecular flexibility index (Phi) is 4.07. The molecule has 1 saturated heterocycles. The number of hydrogen-bond donors (Lipinski definition) is 0. The van der Waals surface area contributed by atoms with Crippen molar-refractivity contribution in [1.29, 1.82) is 0 Å². The van der Waals surface area contributed by atoms with Gasteiger partial charge in [-0.05, 0) is 30.3 Å². The van der Waals surface area contributed by atoms with E-state index in [2.05, 4.69) is 10.1 Å². The zero-order chi connectivity index (χ0) is 17.2. The van der Waals surface area contributed by atoms with Crippen molar-refractivity contribution in [2.24, 2.45) is 7.05 Å². The normalized spacial score (nSPS) is 17.6. The molecule has 0 bridgehead atoms. The topological polar surface area (TPSA) is 65.2 Å². The van der Waals surface area contributed by atoms with E-state index >= 15 is 0 Å². The average Bonchev–Trinajstić information content (AvgIpc) is 3.33. The lowest BCUT2D eigenvalue weighted by molar-refractivity contribution is -0.00494. The van der Waals surface area contributed by atoms with Crippen LogP contribution in [0.1, 0.15) is 22.2 Å².